The van der Waals surface area contributed by atoms with Crippen LogP contribution in [0.5, 0.6) is 0 Å². The van der Waals surface area contributed by atoms with Gasteiger partial charge in [-0.1, -0.05) is 79.7 Å². The van der Waals surface area contributed by atoms with Crippen LogP contribution in [0.4, 0.5) is 0 Å². The molecule has 1 nitrogen and oxygen atoms in total. The molecule has 0 bridgehead atoms. The average Bonchev–Trinajstić information content (AvgIpc) is 2.47. The number of allylic oxidation sites excluding steroid dienone is 1. The summed E-state index contributed by atoms with van der Waals surface area (Å²) in [6.07, 6.45) is 4.62. The highest BCUT2D eigenvalue weighted by atomic mass is 16.3. The second kappa shape index (κ2) is 6.91. The van der Waals surface area contributed by atoms with E-state index in [4.69, 9.17) is 0 Å². The molecule has 0 aromatic heterocycles. The zero-order valence-corrected chi connectivity index (χ0v) is 11.2. The van der Waals surface area contributed by atoms with Crippen LogP contribution in [0.15, 0.2) is 66.7 Å². The molecule has 19 heavy (non-hydrogen) atoms. The highest BCUT2D eigenvalue weighted by Gasteiger charge is 2.09. The first-order valence-corrected chi connectivity index (χ1v) is 6.72. The lowest BCUT2D eigenvalue weighted by Gasteiger charge is -2.13. The van der Waals surface area contributed by atoms with E-state index in [0.29, 0.717) is 5.92 Å². The molecule has 0 radical (unpaired) electrons. The van der Waals surface area contributed by atoms with Gasteiger partial charge in [-0.05, 0) is 23.5 Å². The molecule has 98 valence electrons. The van der Waals surface area contributed by atoms with E-state index in [1.165, 1.54) is 5.56 Å². The number of aliphatic hydroxyl groups is 1. The number of hydrogen-bond donors (Lipinski definition) is 1. The van der Waals surface area contributed by atoms with Crippen molar-refractivity contribution in [2.45, 2.75) is 19.4 Å². The Morgan fingerprint density at radius 1 is 0.947 bits per heavy atom. The van der Waals surface area contributed by atoms with Gasteiger partial charge in [-0.25, -0.2) is 0 Å². The Morgan fingerprint density at radius 2 is 1.53 bits per heavy atom. The first-order chi connectivity index (χ1) is 9.25. The van der Waals surface area contributed by atoms with Crippen LogP contribution in [-0.2, 0) is 0 Å². The topological polar surface area (TPSA) is 20.2 Å². The third-order valence-corrected chi connectivity index (χ3v) is 3.20. The van der Waals surface area contributed by atoms with Crippen molar-refractivity contribution in [3.63, 3.8) is 0 Å². The number of rotatable bonds is 5. The Labute approximate surface area is 115 Å². The largest absolute Gasteiger partial charge is 0.388 e. The Balaban J connectivity index is 1.91. The molecule has 2 unspecified atom stereocenters. The van der Waals surface area contributed by atoms with Gasteiger partial charge in [0.25, 0.3) is 0 Å². The van der Waals surface area contributed by atoms with Crippen molar-refractivity contribution in [3.05, 3.63) is 77.9 Å². The van der Waals surface area contributed by atoms with E-state index in [2.05, 4.69) is 31.2 Å². The first-order valence-electron chi connectivity index (χ1n) is 6.72. The van der Waals surface area contributed by atoms with E-state index in [-0.39, 0.29) is 0 Å². The van der Waals surface area contributed by atoms with Gasteiger partial charge in [-0.2, -0.15) is 0 Å². The fraction of sp³-hybridized carbons (Fsp3) is 0.222. The van der Waals surface area contributed by atoms with Crippen LogP contribution in [0.2, 0.25) is 0 Å². The molecule has 0 amide bonds. The molecule has 0 aliphatic heterocycles. The summed E-state index contributed by atoms with van der Waals surface area (Å²) in [4.78, 5) is 0. The van der Waals surface area contributed by atoms with Crippen molar-refractivity contribution in [2.75, 3.05) is 0 Å². The summed E-state index contributed by atoms with van der Waals surface area (Å²) in [5.41, 5.74) is 2.19. The van der Waals surface area contributed by atoms with Gasteiger partial charge in [0.1, 0.15) is 0 Å². The third kappa shape index (κ3) is 4.38. The summed E-state index contributed by atoms with van der Waals surface area (Å²) in [6.45, 7) is 2.13. The molecule has 2 aromatic rings. The number of hydrogen-bond acceptors (Lipinski definition) is 1. The number of aliphatic hydroxyl groups excluding tert-OH is 1. The minimum Gasteiger partial charge on any atom is -0.388 e. The summed E-state index contributed by atoms with van der Waals surface area (Å²) in [5.74, 6) is 0.343. The lowest BCUT2D eigenvalue weighted by molar-refractivity contribution is 0.156. The van der Waals surface area contributed by atoms with E-state index < -0.39 is 6.10 Å². The van der Waals surface area contributed by atoms with Crippen LogP contribution in [0, 0.1) is 5.92 Å². The Kier molecular flexibility index (Phi) is 4.93. The molecular weight excluding hydrogens is 232 g/mol. The average molecular weight is 252 g/mol. The van der Waals surface area contributed by atoms with Crippen LogP contribution in [0.25, 0.3) is 6.08 Å². The zero-order valence-electron chi connectivity index (χ0n) is 11.2. The van der Waals surface area contributed by atoms with Crippen molar-refractivity contribution in [1.82, 2.24) is 0 Å². The van der Waals surface area contributed by atoms with Crippen molar-refractivity contribution in [1.29, 1.82) is 0 Å². The van der Waals surface area contributed by atoms with E-state index in [0.717, 1.165) is 12.0 Å². The maximum Gasteiger partial charge on any atom is 0.0795 e. The second-order valence-electron chi connectivity index (χ2n) is 4.91. The highest BCUT2D eigenvalue weighted by molar-refractivity contribution is 5.48. The lowest BCUT2D eigenvalue weighted by Crippen LogP contribution is -2.02. The maximum atomic E-state index is 10.2. The Hall–Kier alpha value is -1.86. The van der Waals surface area contributed by atoms with Gasteiger partial charge >= 0.3 is 0 Å². The van der Waals surface area contributed by atoms with E-state index >= 15 is 0 Å². The summed E-state index contributed by atoms with van der Waals surface area (Å²) in [5, 5.41) is 10.2. The number of benzene rings is 2. The molecule has 1 heteroatoms. The standard InChI is InChI=1S/C18H20O/c1-15(12-13-16-8-4-2-5-9-16)14-18(19)17-10-6-3-7-11-17/h2-13,15,18-19H,14H2,1H3/b13-12+. The predicted octanol–water partition coefficient (Wildman–Crippen LogP) is 4.46. The molecule has 0 spiro atoms. The van der Waals surface area contributed by atoms with Gasteiger partial charge in [0.05, 0.1) is 6.10 Å². The second-order valence-corrected chi connectivity index (χ2v) is 4.91. The van der Waals surface area contributed by atoms with Gasteiger partial charge in [0.15, 0.2) is 0 Å². The molecular formula is C18H20O. The molecule has 2 aromatic carbocycles. The van der Waals surface area contributed by atoms with Crippen molar-refractivity contribution in [3.8, 4) is 0 Å². The SMILES string of the molecule is CC(/C=C/c1ccccc1)CC(O)c1ccccc1. The van der Waals surface area contributed by atoms with Crippen LogP contribution in [0.1, 0.15) is 30.6 Å². The Bertz CT molecular complexity index is 502. The normalized spacial score (nSPS) is 14.4. The van der Waals surface area contributed by atoms with Crippen LogP contribution < -0.4 is 0 Å². The van der Waals surface area contributed by atoms with Gasteiger partial charge in [-0.3, -0.25) is 0 Å². The van der Waals surface area contributed by atoms with Gasteiger partial charge in [-0.15, -0.1) is 0 Å². The maximum absolute atomic E-state index is 10.2. The van der Waals surface area contributed by atoms with Crippen molar-refractivity contribution >= 4 is 6.08 Å². The van der Waals surface area contributed by atoms with Gasteiger partial charge < -0.3 is 5.11 Å². The quantitative estimate of drug-likeness (QED) is 0.833. The summed E-state index contributed by atoms with van der Waals surface area (Å²) in [6, 6.07) is 20.1. The predicted molar refractivity (Wildman–Crippen MR) is 80.7 cm³/mol. The van der Waals surface area contributed by atoms with Crippen LogP contribution >= 0.6 is 0 Å². The molecule has 0 aliphatic rings. The van der Waals surface area contributed by atoms with Crippen LogP contribution in [-0.4, -0.2) is 5.11 Å². The fourth-order valence-corrected chi connectivity index (χ4v) is 2.08. The molecule has 0 fully saturated rings. The van der Waals surface area contributed by atoms with Crippen molar-refractivity contribution < 1.29 is 5.11 Å². The summed E-state index contributed by atoms with van der Waals surface area (Å²) in [7, 11) is 0. The molecule has 0 aliphatic carbocycles. The molecule has 0 saturated carbocycles. The molecule has 1 N–H and O–H groups in total. The van der Waals surface area contributed by atoms with E-state index in [1.54, 1.807) is 0 Å². The summed E-state index contributed by atoms with van der Waals surface area (Å²) >= 11 is 0. The lowest BCUT2D eigenvalue weighted by atomic mass is 9.97. The molecule has 0 heterocycles. The summed E-state index contributed by atoms with van der Waals surface area (Å²) < 4.78 is 0. The molecule has 2 rings (SSSR count). The van der Waals surface area contributed by atoms with E-state index in [1.807, 2.05) is 48.5 Å². The van der Waals surface area contributed by atoms with E-state index in [9.17, 15) is 5.11 Å². The monoisotopic (exact) mass is 252 g/mol. The zero-order chi connectivity index (χ0) is 13.5. The molecule has 2 atom stereocenters. The first kappa shape index (κ1) is 13.6. The fourth-order valence-electron chi connectivity index (χ4n) is 2.08. The van der Waals surface area contributed by atoms with Crippen LogP contribution in [0.3, 0.4) is 0 Å². The Morgan fingerprint density at radius 3 is 2.16 bits per heavy atom. The minimum atomic E-state index is -0.392. The molecule has 0 saturated heterocycles. The van der Waals surface area contributed by atoms with Crippen molar-refractivity contribution in [2.24, 2.45) is 5.92 Å². The van der Waals surface area contributed by atoms with Gasteiger partial charge in [0, 0.05) is 0 Å². The highest BCUT2D eigenvalue weighted by Crippen LogP contribution is 2.22. The third-order valence-electron chi connectivity index (χ3n) is 3.20. The van der Waals surface area contributed by atoms with Gasteiger partial charge in [0.2, 0.25) is 0 Å². The minimum absolute atomic E-state index is 0.343. The smallest absolute Gasteiger partial charge is 0.0795 e.